The lowest BCUT2D eigenvalue weighted by Crippen LogP contribution is -2.21. The first-order chi connectivity index (χ1) is 13.3. The normalized spacial score (nSPS) is 11.3. The molecule has 0 unspecified atom stereocenters. The van der Waals surface area contributed by atoms with Gasteiger partial charge in [-0.3, -0.25) is 4.79 Å². The number of aromatic nitrogens is 4. The maximum atomic E-state index is 12.9. The summed E-state index contributed by atoms with van der Waals surface area (Å²) in [5, 5.41) is 5.04. The molecular weight excluding hydrogens is 336 g/mol. The molecule has 2 aromatic carbocycles. The van der Waals surface area contributed by atoms with Crippen LogP contribution in [-0.2, 0) is 6.54 Å². The molecule has 5 aromatic rings. The van der Waals surface area contributed by atoms with E-state index in [-0.39, 0.29) is 5.56 Å². The van der Waals surface area contributed by atoms with Gasteiger partial charge in [0.05, 0.1) is 23.6 Å². The second-order valence-electron chi connectivity index (χ2n) is 6.45. The largest absolute Gasteiger partial charge is 0.310 e. The first-order valence-corrected chi connectivity index (χ1v) is 8.76. The highest BCUT2D eigenvalue weighted by Crippen LogP contribution is 2.24. The maximum Gasteiger partial charge on any atom is 0.261 e. The molecule has 5 nitrogen and oxygen atoms in total. The lowest BCUT2D eigenvalue weighted by atomic mass is 10.1. The summed E-state index contributed by atoms with van der Waals surface area (Å²) in [5.74, 6) is 0. The van der Waals surface area contributed by atoms with E-state index in [1.54, 1.807) is 21.5 Å². The van der Waals surface area contributed by atoms with Gasteiger partial charge >= 0.3 is 0 Å². The molecular formula is C22H16N4O. The SMILES string of the molecule is O=c1c2cnc3c(-c4ccccc4)cnn3c2ccn1Cc1ccccc1. The van der Waals surface area contributed by atoms with Gasteiger partial charge in [-0.05, 0) is 17.2 Å². The number of hydrogen-bond acceptors (Lipinski definition) is 3. The molecule has 3 aromatic heterocycles. The zero-order valence-electron chi connectivity index (χ0n) is 14.5. The summed E-state index contributed by atoms with van der Waals surface area (Å²) in [6, 6.07) is 21.9. The Bertz CT molecular complexity index is 1300. The van der Waals surface area contributed by atoms with Crippen LogP contribution in [0.25, 0.3) is 27.7 Å². The first kappa shape index (κ1) is 15.5. The fourth-order valence-electron chi connectivity index (χ4n) is 3.38. The van der Waals surface area contributed by atoms with E-state index in [1.165, 1.54) is 0 Å². The number of hydrogen-bond donors (Lipinski definition) is 0. The van der Waals surface area contributed by atoms with Crippen LogP contribution in [-0.4, -0.2) is 19.2 Å². The standard InChI is InChI=1S/C22H16N4O/c27-22-19-13-23-21-18(17-9-5-2-6-10-17)14-24-26(21)20(19)11-12-25(22)15-16-7-3-1-4-8-16/h1-14H,15H2. The molecule has 0 saturated carbocycles. The molecule has 5 rings (SSSR count). The Kier molecular flexibility index (Phi) is 3.57. The summed E-state index contributed by atoms with van der Waals surface area (Å²) in [7, 11) is 0. The summed E-state index contributed by atoms with van der Waals surface area (Å²) in [4.78, 5) is 17.5. The molecule has 5 heteroatoms. The number of rotatable bonds is 3. The fraction of sp³-hybridized carbons (Fsp3) is 0.0455. The highest BCUT2D eigenvalue weighted by Gasteiger charge is 2.12. The van der Waals surface area contributed by atoms with E-state index in [0.29, 0.717) is 11.9 Å². The van der Waals surface area contributed by atoms with Crippen molar-refractivity contribution in [1.29, 1.82) is 0 Å². The molecule has 0 fully saturated rings. The van der Waals surface area contributed by atoms with Gasteiger partial charge in [-0.1, -0.05) is 60.7 Å². The average molecular weight is 352 g/mol. The molecule has 0 N–H and O–H groups in total. The quantitative estimate of drug-likeness (QED) is 0.497. The molecule has 0 atom stereocenters. The van der Waals surface area contributed by atoms with Crippen LogP contribution in [0.1, 0.15) is 5.56 Å². The molecule has 130 valence electrons. The summed E-state index contributed by atoms with van der Waals surface area (Å²) in [6.45, 7) is 0.530. The zero-order valence-corrected chi connectivity index (χ0v) is 14.5. The van der Waals surface area contributed by atoms with Crippen LogP contribution >= 0.6 is 0 Å². The molecule has 0 bridgehead atoms. The van der Waals surface area contributed by atoms with Crippen LogP contribution in [0.3, 0.4) is 0 Å². The molecule has 0 aliphatic carbocycles. The summed E-state index contributed by atoms with van der Waals surface area (Å²) < 4.78 is 3.44. The number of fused-ring (bicyclic) bond motifs is 3. The van der Waals surface area contributed by atoms with E-state index in [4.69, 9.17) is 0 Å². The van der Waals surface area contributed by atoms with Crippen molar-refractivity contribution in [1.82, 2.24) is 19.2 Å². The lowest BCUT2D eigenvalue weighted by Gasteiger charge is -2.08. The molecule has 3 heterocycles. The van der Waals surface area contributed by atoms with Crippen LogP contribution in [0.5, 0.6) is 0 Å². The van der Waals surface area contributed by atoms with E-state index in [0.717, 1.165) is 27.9 Å². The summed E-state index contributed by atoms with van der Waals surface area (Å²) in [6.07, 6.45) is 5.27. The third-order valence-electron chi connectivity index (χ3n) is 4.75. The van der Waals surface area contributed by atoms with E-state index in [9.17, 15) is 4.79 Å². The van der Waals surface area contributed by atoms with Crippen LogP contribution in [0, 0.1) is 0 Å². The highest BCUT2D eigenvalue weighted by molar-refractivity contribution is 5.84. The van der Waals surface area contributed by atoms with Crippen LogP contribution in [0.15, 0.2) is 90.1 Å². The molecule has 0 aliphatic heterocycles. The minimum atomic E-state index is -0.0671. The monoisotopic (exact) mass is 352 g/mol. The second-order valence-corrected chi connectivity index (χ2v) is 6.45. The summed E-state index contributed by atoms with van der Waals surface area (Å²) >= 11 is 0. The highest BCUT2D eigenvalue weighted by atomic mass is 16.1. The van der Waals surface area contributed by atoms with E-state index >= 15 is 0 Å². The maximum absolute atomic E-state index is 12.9. The third-order valence-corrected chi connectivity index (χ3v) is 4.75. The predicted octanol–water partition coefficient (Wildman–Crippen LogP) is 3.76. The van der Waals surface area contributed by atoms with E-state index in [1.807, 2.05) is 72.9 Å². The van der Waals surface area contributed by atoms with Gasteiger partial charge in [0.2, 0.25) is 0 Å². The van der Waals surface area contributed by atoms with Crippen molar-refractivity contribution in [2.75, 3.05) is 0 Å². The summed E-state index contributed by atoms with van der Waals surface area (Å²) in [5.41, 5.74) is 4.52. The van der Waals surface area contributed by atoms with Crippen molar-refractivity contribution in [3.05, 3.63) is 101 Å². The predicted molar refractivity (Wildman–Crippen MR) is 106 cm³/mol. The van der Waals surface area contributed by atoms with Gasteiger partial charge in [-0.2, -0.15) is 5.10 Å². The molecule has 0 amide bonds. The molecule has 0 saturated heterocycles. The number of benzene rings is 2. The Morgan fingerprint density at radius 2 is 1.59 bits per heavy atom. The Balaban J connectivity index is 1.66. The van der Waals surface area contributed by atoms with Gasteiger partial charge in [0.25, 0.3) is 5.56 Å². The minimum absolute atomic E-state index is 0.0671. The van der Waals surface area contributed by atoms with Crippen molar-refractivity contribution in [3.63, 3.8) is 0 Å². The second kappa shape index (κ2) is 6.21. The van der Waals surface area contributed by atoms with Crippen LogP contribution in [0.4, 0.5) is 0 Å². The van der Waals surface area contributed by atoms with E-state index in [2.05, 4.69) is 10.1 Å². The molecule has 0 spiro atoms. The van der Waals surface area contributed by atoms with Gasteiger partial charge in [-0.25, -0.2) is 9.50 Å². The van der Waals surface area contributed by atoms with Crippen molar-refractivity contribution in [2.24, 2.45) is 0 Å². The topological polar surface area (TPSA) is 52.2 Å². The Morgan fingerprint density at radius 3 is 2.37 bits per heavy atom. The van der Waals surface area contributed by atoms with Crippen LogP contribution in [0.2, 0.25) is 0 Å². The van der Waals surface area contributed by atoms with Gasteiger partial charge < -0.3 is 4.57 Å². The van der Waals surface area contributed by atoms with Crippen molar-refractivity contribution >= 4 is 16.6 Å². The van der Waals surface area contributed by atoms with Gasteiger partial charge in [0.15, 0.2) is 5.65 Å². The van der Waals surface area contributed by atoms with Crippen molar-refractivity contribution in [2.45, 2.75) is 6.54 Å². The zero-order chi connectivity index (χ0) is 18.2. The average Bonchev–Trinajstić information content (AvgIpc) is 3.16. The van der Waals surface area contributed by atoms with Gasteiger partial charge in [0, 0.05) is 18.0 Å². The van der Waals surface area contributed by atoms with Gasteiger partial charge in [-0.15, -0.1) is 0 Å². The molecule has 27 heavy (non-hydrogen) atoms. The number of nitrogens with zero attached hydrogens (tertiary/aromatic N) is 4. The van der Waals surface area contributed by atoms with Crippen molar-refractivity contribution in [3.8, 4) is 11.1 Å². The number of pyridine rings is 1. The third kappa shape index (κ3) is 2.60. The Hall–Kier alpha value is -3.73. The molecule has 0 radical (unpaired) electrons. The lowest BCUT2D eigenvalue weighted by molar-refractivity contribution is 0.765. The molecule has 0 aliphatic rings. The first-order valence-electron chi connectivity index (χ1n) is 8.76. The minimum Gasteiger partial charge on any atom is -0.310 e. The smallest absolute Gasteiger partial charge is 0.261 e. The fourth-order valence-corrected chi connectivity index (χ4v) is 3.38. The Labute approximate surface area is 155 Å². The van der Waals surface area contributed by atoms with Crippen molar-refractivity contribution < 1.29 is 0 Å². The van der Waals surface area contributed by atoms with Gasteiger partial charge in [0.1, 0.15) is 0 Å². The Morgan fingerprint density at radius 1 is 0.852 bits per heavy atom. The van der Waals surface area contributed by atoms with E-state index < -0.39 is 0 Å². The van der Waals surface area contributed by atoms with Crippen LogP contribution < -0.4 is 5.56 Å².